The van der Waals surface area contributed by atoms with Gasteiger partial charge in [-0.05, 0) is 59.3 Å². The van der Waals surface area contributed by atoms with E-state index >= 15 is 0 Å². The van der Waals surface area contributed by atoms with Crippen LogP contribution in [0.5, 0.6) is 5.75 Å². The second kappa shape index (κ2) is 11.2. The van der Waals surface area contributed by atoms with E-state index in [-0.39, 0.29) is 0 Å². The average molecular weight is 517 g/mol. The van der Waals surface area contributed by atoms with Gasteiger partial charge in [-0.3, -0.25) is 0 Å². The first-order chi connectivity index (χ1) is 14.0. The van der Waals surface area contributed by atoms with Crippen LogP contribution >= 0.6 is 50.9 Å². The molecule has 2 aromatic carbocycles. The summed E-state index contributed by atoms with van der Waals surface area (Å²) < 4.78 is 8.71. The van der Waals surface area contributed by atoms with Gasteiger partial charge in [0.1, 0.15) is 12.4 Å². The molecule has 0 aliphatic carbocycles. The number of aromatic nitrogens is 4. The van der Waals surface area contributed by atoms with Crippen LogP contribution in [0.3, 0.4) is 0 Å². The number of tetrazole rings is 1. The number of hydrogen-bond donors (Lipinski definition) is 1. The van der Waals surface area contributed by atoms with Crippen molar-refractivity contribution in [2.75, 3.05) is 12.3 Å². The number of rotatable bonds is 10. The van der Waals surface area contributed by atoms with Crippen LogP contribution < -0.4 is 10.1 Å². The van der Waals surface area contributed by atoms with Crippen molar-refractivity contribution in [2.24, 2.45) is 7.05 Å². The van der Waals surface area contributed by atoms with E-state index in [4.69, 9.17) is 27.9 Å². The molecule has 0 saturated carbocycles. The lowest BCUT2D eigenvalue weighted by Crippen LogP contribution is -2.16. The third-order valence-corrected chi connectivity index (χ3v) is 6.36. The normalized spacial score (nSPS) is 11.0. The topological polar surface area (TPSA) is 64.9 Å². The van der Waals surface area contributed by atoms with Crippen LogP contribution in [0.25, 0.3) is 0 Å². The smallest absolute Gasteiger partial charge is 0.209 e. The molecule has 0 fully saturated rings. The zero-order valence-electron chi connectivity index (χ0n) is 15.7. The molecule has 0 spiro atoms. The molecule has 10 heteroatoms. The van der Waals surface area contributed by atoms with Crippen molar-refractivity contribution in [3.63, 3.8) is 0 Å². The Balaban J connectivity index is 1.47. The van der Waals surface area contributed by atoms with E-state index in [1.54, 1.807) is 22.5 Å². The van der Waals surface area contributed by atoms with Crippen molar-refractivity contribution < 1.29 is 4.74 Å². The molecule has 29 heavy (non-hydrogen) atoms. The quantitative estimate of drug-likeness (QED) is 0.297. The van der Waals surface area contributed by atoms with Crippen molar-refractivity contribution in [1.29, 1.82) is 0 Å². The van der Waals surface area contributed by atoms with Crippen molar-refractivity contribution in [3.8, 4) is 5.75 Å². The molecule has 3 aromatic rings. The third kappa shape index (κ3) is 6.86. The number of hydrogen-bond acceptors (Lipinski definition) is 6. The first kappa shape index (κ1) is 22.4. The van der Waals surface area contributed by atoms with Crippen molar-refractivity contribution in [2.45, 2.75) is 24.7 Å². The predicted octanol–water partition coefficient (Wildman–Crippen LogP) is 5.13. The largest absolute Gasteiger partial charge is 0.489 e. The van der Waals surface area contributed by atoms with Crippen LogP contribution in [0.2, 0.25) is 10.0 Å². The maximum Gasteiger partial charge on any atom is 0.209 e. The average Bonchev–Trinajstić information content (AvgIpc) is 3.11. The third-order valence-electron chi connectivity index (χ3n) is 4.03. The lowest BCUT2D eigenvalue weighted by molar-refractivity contribution is 0.302. The summed E-state index contributed by atoms with van der Waals surface area (Å²) in [6.07, 6.45) is 1.00. The summed E-state index contributed by atoms with van der Waals surface area (Å²) in [6.45, 7) is 2.03. The molecule has 0 unspecified atom stereocenters. The highest BCUT2D eigenvalue weighted by Crippen LogP contribution is 2.26. The molecule has 1 N–H and O–H groups in total. The summed E-state index contributed by atoms with van der Waals surface area (Å²) in [5, 5.41) is 16.8. The second-order valence-electron chi connectivity index (χ2n) is 6.25. The molecule has 0 amide bonds. The predicted molar refractivity (Wildman–Crippen MR) is 121 cm³/mol. The van der Waals surface area contributed by atoms with Gasteiger partial charge in [-0.1, -0.05) is 57.0 Å². The fourth-order valence-corrected chi connectivity index (χ4v) is 4.06. The molecule has 0 saturated heterocycles. The number of halogens is 3. The maximum absolute atomic E-state index is 6.08. The minimum Gasteiger partial charge on any atom is -0.489 e. The minimum atomic E-state index is 0.425. The van der Waals surface area contributed by atoms with Crippen molar-refractivity contribution >= 4 is 50.9 Å². The Kier molecular flexibility index (Phi) is 8.62. The van der Waals surface area contributed by atoms with E-state index in [2.05, 4.69) is 42.8 Å². The van der Waals surface area contributed by atoms with Gasteiger partial charge in [-0.2, -0.15) is 0 Å². The Hall–Kier alpha value is -1.32. The van der Waals surface area contributed by atoms with Crippen LogP contribution in [0, 0.1) is 0 Å². The summed E-state index contributed by atoms with van der Waals surface area (Å²) in [5.41, 5.74) is 2.06. The van der Waals surface area contributed by atoms with Gasteiger partial charge in [0.05, 0.1) is 10.0 Å². The van der Waals surface area contributed by atoms with Gasteiger partial charge >= 0.3 is 0 Å². The van der Waals surface area contributed by atoms with E-state index < -0.39 is 0 Å². The lowest BCUT2D eigenvalue weighted by atomic mass is 10.2. The first-order valence-corrected chi connectivity index (χ1v) is 11.5. The summed E-state index contributed by atoms with van der Waals surface area (Å²) in [4.78, 5) is 0. The Labute approximate surface area is 192 Å². The number of thioether (sulfide) groups is 1. The van der Waals surface area contributed by atoms with Crippen LogP contribution in [0.4, 0.5) is 0 Å². The van der Waals surface area contributed by atoms with Crippen LogP contribution in [0.1, 0.15) is 17.5 Å². The summed E-state index contributed by atoms with van der Waals surface area (Å²) in [7, 11) is 1.84. The first-order valence-electron chi connectivity index (χ1n) is 8.94. The van der Waals surface area contributed by atoms with Gasteiger partial charge in [0.15, 0.2) is 0 Å². The maximum atomic E-state index is 6.08. The van der Waals surface area contributed by atoms with Gasteiger partial charge < -0.3 is 10.1 Å². The van der Waals surface area contributed by atoms with Crippen molar-refractivity contribution in [1.82, 2.24) is 25.5 Å². The fourth-order valence-electron chi connectivity index (χ4n) is 2.54. The van der Waals surface area contributed by atoms with Gasteiger partial charge in [-0.15, -0.1) is 5.10 Å². The Morgan fingerprint density at radius 2 is 2.03 bits per heavy atom. The summed E-state index contributed by atoms with van der Waals surface area (Å²) in [6, 6.07) is 11.5. The van der Waals surface area contributed by atoms with Crippen LogP contribution in [-0.2, 0) is 20.2 Å². The van der Waals surface area contributed by atoms with E-state index in [0.717, 1.165) is 45.2 Å². The molecule has 1 aromatic heterocycles. The highest BCUT2D eigenvalue weighted by molar-refractivity contribution is 9.10. The van der Waals surface area contributed by atoms with Gasteiger partial charge in [-0.25, -0.2) is 4.68 Å². The Bertz CT molecular complexity index is 956. The summed E-state index contributed by atoms with van der Waals surface area (Å²) >= 11 is 17.2. The molecule has 154 valence electrons. The van der Waals surface area contributed by atoms with Crippen LogP contribution in [-0.4, -0.2) is 32.5 Å². The van der Waals surface area contributed by atoms with Gasteiger partial charge in [0.25, 0.3) is 0 Å². The molecule has 3 rings (SSSR count). The lowest BCUT2D eigenvalue weighted by Gasteiger charge is -2.13. The number of nitrogens with one attached hydrogen (secondary N) is 1. The molecule has 0 aliphatic heterocycles. The molecule has 0 atom stereocenters. The zero-order valence-corrected chi connectivity index (χ0v) is 19.7. The monoisotopic (exact) mass is 515 g/mol. The van der Waals surface area contributed by atoms with E-state index in [0.29, 0.717) is 23.2 Å². The standard InChI is InChI=1S/C19H20BrCl2N5OS/c1-27-19(24-25-26-27)29-8-2-7-23-11-14-10-15(20)4-6-18(14)28-12-13-3-5-16(21)17(22)9-13/h3-6,9-10,23H,2,7-8,11-12H2,1H3. The molecule has 6 nitrogen and oxygen atoms in total. The Morgan fingerprint density at radius 3 is 2.79 bits per heavy atom. The number of benzene rings is 2. The van der Waals surface area contributed by atoms with E-state index in [1.165, 1.54) is 0 Å². The van der Waals surface area contributed by atoms with Gasteiger partial charge in [0, 0.05) is 29.4 Å². The molecular weight excluding hydrogens is 497 g/mol. The van der Waals surface area contributed by atoms with Crippen LogP contribution in [0.15, 0.2) is 46.0 Å². The summed E-state index contributed by atoms with van der Waals surface area (Å²) in [5.74, 6) is 1.78. The fraction of sp³-hybridized carbons (Fsp3) is 0.316. The van der Waals surface area contributed by atoms with E-state index in [9.17, 15) is 0 Å². The zero-order chi connectivity index (χ0) is 20.6. The molecule has 0 aliphatic rings. The second-order valence-corrected chi connectivity index (χ2v) is 9.05. The van der Waals surface area contributed by atoms with E-state index in [1.807, 2.05) is 31.3 Å². The molecule has 0 bridgehead atoms. The van der Waals surface area contributed by atoms with Gasteiger partial charge in [0.2, 0.25) is 5.16 Å². The van der Waals surface area contributed by atoms with Crippen molar-refractivity contribution in [3.05, 3.63) is 62.0 Å². The highest BCUT2D eigenvalue weighted by Gasteiger charge is 2.07. The SMILES string of the molecule is Cn1nnnc1SCCCNCc1cc(Br)ccc1OCc1ccc(Cl)c(Cl)c1. The molecule has 0 radical (unpaired) electrons. The Morgan fingerprint density at radius 1 is 1.17 bits per heavy atom. The number of ether oxygens (including phenoxy) is 1. The molecule has 1 heterocycles. The minimum absolute atomic E-state index is 0.425. The number of aryl methyl sites for hydroxylation is 1. The number of nitrogens with zero attached hydrogens (tertiary/aromatic N) is 4. The molecular formula is C19H20BrCl2N5OS. The highest BCUT2D eigenvalue weighted by atomic mass is 79.9.